The van der Waals surface area contributed by atoms with E-state index >= 15 is 0 Å². The average Bonchev–Trinajstić information content (AvgIpc) is 2.27. The van der Waals surface area contributed by atoms with E-state index in [-0.39, 0.29) is 22.4 Å². The lowest BCUT2D eigenvalue weighted by atomic mass is 10.2. The van der Waals surface area contributed by atoms with E-state index in [2.05, 4.69) is 15.9 Å². The molecule has 0 saturated carbocycles. The zero-order valence-corrected chi connectivity index (χ0v) is 12.0. The van der Waals surface area contributed by atoms with Gasteiger partial charge in [-0.1, -0.05) is 0 Å². The zero-order chi connectivity index (χ0) is 13.9. The van der Waals surface area contributed by atoms with E-state index in [1.807, 2.05) is 0 Å². The van der Waals surface area contributed by atoms with Crippen molar-refractivity contribution in [2.45, 2.75) is 11.8 Å². The predicted molar refractivity (Wildman–Crippen MR) is 64.9 cm³/mol. The fraction of sp³-hybridized carbons (Fsp3) is 0.300. The molecule has 0 unspecified atom stereocenters. The van der Waals surface area contributed by atoms with Crippen LogP contribution in [0.3, 0.4) is 0 Å². The molecule has 0 aliphatic rings. The van der Waals surface area contributed by atoms with Crippen LogP contribution in [0.5, 0.6) is 5.75 Å². The summed E-state index contributed by atoms with van der Waals surface area (Å²) in [5.41, 5.74) is -0.0826. The smallest absolute Gasteiger partial charge is 0.338 e. The first-order chi connectivity index (χ1) is 8.31. The fourth-order valence-electron chi connectivity index (χ4n) is 1.28. The van der Waals surface area contributed by atoms with Crippen molar-refractivity contribution in [3.05, 3.63) is 22.2 Å². The van der Waals surface area contributed by atoms with Gasteiger partial charge in [0, 0.05) is 0 Å². The largest absolute Gasteiger partial charge is 0.494 e. The lowest BCUT2D eigenvalue weighted by molar-refractivity contribution is 0.0526. The zero-order valence-electron chi connectivity index (χ0n) is 9.57. The van der Waals surface area contributed by atoms with E-state index < -0.39 is 21.1 Å². The lowest BCUT2D eigenvalue weighted by Crippen LogP contribution is -2.07. The van der Waals surface area contributed by atoms with Gasteiger partial charge in [0.15, 0.2) is 5.75 Å². The van der Waals surface area contributed by atoms with Crippen molar-refractivity contribution in [3.8, 4) is 5.75 Å². The van der Waals surface area contributed by atoms with Crippen LogP contribution in [0.4, 0.5) is 3.89 Å². The van der Waals surface area contributed by atoms with Crippen LogP contribution in [0.1, 0.15) is 17.3 Å². The van der Waals surface area contributed by atoms with Crippen LogP contribution in [0.2, 0.25) is 0 Å². The number of ether oxygens (including phenoxy) is 2. The van der Waals surface area contributed by atoms with Gasteiger partial charge in [0.05, 0.1) is 23.8 Å². The summed E-state index contributed by atoms with van der Waals surface area (Å²) in [5.74, 6) is -0.948. The first kappa shape index (κ1) is 14.9. The van der Waals surface area contributed by atoms with Gasteiger partial charge in [0.1, 0.15) is 4.90 Å². The molecular weight excluding hydrogens is 331 g/mol. The van der Waals surface area contributed by atoms with Crippen molar-refractivity contribution in [2.24, 2.45) is 0 Å². The van der Waals surface area contributed by atoms with Gasteiger partial charge in [0.2, 0.25) is 0 Å². The summed E-state index contributed by atoms with van der Waals surface area (Å²) >= 11 is 3.01. The minimum atomic E-state index is -5.00. The Morgan fingerprint density at radius 1 is 1.44 bits per heavy atom. The summed E-state index contributed by atoms with van der Waals surface area (Å²) in [6.45, 7) is 1.73. The highest BCUT2D eigenvalue weighted by atomic mass is 79.9. The van der Waals surface area contributed by atoms with Crippen LogP contribution < -0.4 is 4.74 Å². The molecule has 0 radical (unpaired) electrons. The molecule has 1 aromatic rings. The van der Waals surface area contributed by atoms with Gasteiger partial charge in [-0.2, -0.15) is 8.42 Å². The van der Waals surface area contributed by atoms with Gasteiger partial charge in [-0.05, 0) is 35.0 Å². The molecule has 5 nitrogen and oxygen atoms in total. The Kier molecular flexibility index (Phi) is 4.69. The number of hydrogen-bond donors (Lipinski definition) is 0. The van der Waals surface area contributed by atoms with Crippen LogP contribution in [0.25, 0.3) is 0 Å². The van der Waals surface area contributed by atoms with Gasteiger partial charge < -0.3 is 9.47 Å². The Hall–Kier alpha value is -1.15. The van der Waals surface area contributed by atoms with E-state index in [1.54, 1.807) is 6.92 Å². The number of esters is 1. The van der Waals surface area contributed by atoms with Crippen molar-refractivity contribution < 1.29 is 26.6 Å². The number of methoxy groups -OCH3 is 1. The number of rotatable bonds is 4. The van der Waals surface area contributed by atoms with E-state index in [0.717, 1.165) is 6.07 Å². The van der Waals surface area contributed by atoms with Crippen molar-refractivity contribution in [2.75, 3.05) is 13.7 Å². The molecule has 8 heteroatoms. The molecule has 0 aliphatic carbocycles. The molecule has 0 heterocycles. The van der Waals surface area contributed by atoms with E-state index in [0.29, 0.717) is 0 Å². The second kappa shape index (κ2) is 5.66. The Bertz CT molecular complexity index is 570. The van der Waals surface area contributed by atoms with Crippen LogP contribution in [0, 0.1) is 0 Å². The number of halogens is 2. The second-order valence-corrected chi connectivity index (χ2v) is 5.32. The molecule has 1 rings (SSSR count). The van der Waals surface area contributed by atoms with Gasteiger partial charge in [-0.15, -0.1) is 3.89 Å². The summed E-state index contributed by atoms with van der Waals surface area (Å²) in [6.07, 6.45) is 0. The molecule has 0 aliphatic heterocycles. The third kappa shape index (κ3) is 3.20. The highest BCUT2D eigenvalue weighted by Crippen LogP contribution is 2.34. The number of carbonyl (C=O) groups is 1. The first-order valence-corrected chi connectivity index (χ1v) is 6.98. The average molecular weight is 341 g/mol. The minimum Gasteiger partial charge on any atom is -0.494 e. The maximum absolute atomic E-state index is 13.1. The van der Waals surface area contributed by atoms with Crippen molar-refractivity contribution in [3.63, 3.8) is 0 Å². The second-order valence-electron chi connectivity index (χ2n) is 3.15. The Labute approximate surface area is 112 Å². The minimum absolute atomic E-state index is 0.0826. The molecule has 1 aromatic carbocycles. The third-order valence-corrected chi connectivity index (χ3v) is 3.41. The molecule has 18 heavy (non-hydrogen) atoms. The molecule has 0 N–H and O–H groups in total. The summed E-state index contributed by atoms with van der Waals surface area (Å²) < 4.78 is 44.7. The summed E-state index contributed by atoms with van der Waals surface area (Å²) in [7, 11) is -3.81. The number of hydrogen-bond acceptors (Lipinski definition) is 5. The maximum Gasteiger partial charge on any atom is 0.338 e. The van der Waals surface area contributed by atoms with E-state index in [4.69, 9.17) is 9.47 Å². The molecule has 0 spiro atoms. The van der Waals surface area contributed by atoms with Crippen molar-refractivity contribution in [1.29, 1.82) is 0 Å². The highest BCUT2D eigenvalue weighted by Gasteiger charge is 2.24. The van der Waals surface area contributed by atoms with Gasteiger partial charge in [0.25, 0.3) is 0 Å². The molecule has 0 atom stereocenters. The van der Waals surface area contributed by atoms with Gasteiger partial charge in [-0.25, -0.2) is 4.79 Å². The Morgan fingerprint density at radius 3 is 2.50 bits per heavy atom. The topological polar surface area (TPSA) is 69.7 Å². The standard InChI is InChI=1S/C10H10BrFO5S/c1-3-17-10(13)6-4-7(11)9(16-2)8(5-6)18(12,14)15/h4-5H,3H2,1-2H3. The molecule has 0 saturated heterocycles. The van der Waals surface area contributed by atoms with Crippen LogP contribution in [0.15, 0.2) is 21.5 Å². The van der Waals surface area contributed by atoms with Gasteiger partial charge in [-0.3, -0.25) is 0 Å². The summed E-state index contributed by atoms with van der Waals surface area (Å²) in [4.78, 5) is 10.8. The normalized spacial score (nSPS) is 11.1. The maximum atomic E-state index is 13.1. The van der Waals surface area contributed by atoms with Crippen LogP contribution >= 0.6 is 15.9 Å². The SMILES string of the molecule is CCOC(=O)c1cc(Br)c(OC)c(S(=O)(=O)F)c1. The fourth-order valence-corrected chi connectivity index (χ4v) is 2.72. The summed E-state index contributed by atoms with van der Waals surface area (Å²) in [6, 6.07) is 2.17. The highest BCUT2D eigenvalue weighted by molar-refractivity contribution is 9.10. The molecule has 0 bridgehead atoms. The Morgan fingerprint density at radius 2 is 2.06 bits per heavy atom. The van der Waals surface area contributed by atoms with Crippen molar-refractivity contribution >= 4 is 32.1 Å². The first-order valence-electron chi connectivity index (χ1n) is 4.80. The lowest BCUT2D eigenvalue weighted by Gasteiger charge is -2.09. The monoisotopic (exact) mass is 340 g/mol. The van der Waals surface area contributed by atoms with Crippen LogP contribution in [-0.4, -0.2) is 28.1 Å². The quantitative estimate of drug-likeness (QED) is 0.621. The molecular formula is C10H10BrFO5S. The molecule has 0 fully saturated rings. The van der Waals surface area contributed by atoms with Crippen molar-refractivity contribution in [1.82, 2.24) is 0 Å². The Balaban J connectivity index is 3.45. The molecule has 100 valence electrons. The number of benzene rings is 1. The predicted octanol–water partition coefficient (Wildman–Crippen LogP) is 2.29. The number of carbonyl (C=O) groups excluding carboxylic acids is 1. The van der Waals surface area contributed by atoms with Crippen LogP contribution in [-0.2, 0) is 15.0 Å². The molecule has 0 aromatic heterocycles. The van der Waals surface area contributed by atoms with E-state index in [1.165, 1.54) is 13.2 Å². The van der Waals surface area contributed by atoms with E-state index in [9.17, 15) is 17.1 Å². The third-order valence-electron chi connectivity index (χ3n) is 1.99. The molecule has 0 amide bonds. The van der Waals surface area contributed by atoms with Gasteiger partial charge >= 0.3 is 16.2 Å². The summed E-state index contributed by atoms with van der Waals surface area (Å²) in [5, 5.41) is 0.